The lowest BCUT2D eigenvalue weighted by atomic mass is 10.0. The molecule has 1 N–H and O–H groups in total. The summed E-state index contributed by atoms with van der Waals surface area (Å²) in [5.74, 6) is 1.61. The Hall–Kier alpha value is -2.75. The molecule has 1 amide bonds. The molecule has 2 aliphatic rings. The molecule has 0 aliphatic carbocycles. The second-order valence-electron chi connectivity index (χ2n) is 9.42. The van der Waals surface area contributed by atoms with Crippen molar-refractivity contribution in [2.45, 2.75) is 32.4 Å². The van der Waals surface area contributed by atoms with E-state index in [1.807, 2.05) is 23.1 Å². The summed E-state index contributed by atoms with van der Waals surface area (Å²) < 4.78 is 7.76. The molecule has 1 fully saturated rings. The molecular weight excluding hydrogens is 438 g/mol. The van der Waals surface area contributed by atoms with E-state index in [4.69, 9.17) is 4.74 Å². The normalized spacial score (nSPS) is 16.7. The Bertz CT molecular complexity index is 1170. The van der Waals surface area contributed by atoms with Gasteiger partial charge in [-0.15, -0.1) is 11.3 Å². The van der Waals surface area contributed by atoms with Gasteiger partial charge in [-0.05, 0) is 50.7 Å². The van der Waals surface area contributed by atoms with Gasteiger partial charge in [0.05, 0.1) is 23.6 Å². The van der Waals surface area contributed by atoms with Gasteiger partial charge >= 0.3 is 0 Å². The summed E-state index contributed by atoms with van der Waals surface area (Å²) in [6, 6.07) is 7.91. The molecule has 4 heterocycles. The summed E-state index contributed by atoms with van der Waals surface area (Å²) in [7, 11) is 2.08. The zero-order valence-corrected chi connectivity index (χ0v) is 20.1. The van der Waals surface area contributed by atoms with Crippen LogP contribution >= 0.6 is 11.3 Å². The Kier molecular flexibility index (Phi) is 5.72. The van der Waals surface area contributed by atoms with Crippen LogP contribution in [-0.2, 0) is 13.0 Å². The SMILES string of the molecule is CN1CCN(C(=O)c2ccc3c(c2)-c2sc(-c4ncnn4CC(C)(C)O)cc2CCO3)CC1. The van der Waals surface area contributed by atoms with E-state index in [1.54, 1.807) is 29.9 Å². The first-order valence-corrected chi connectivity index (χ1v) is 12.1. The van der Waals surface area contributed by atoms with E-state index in [2.05, 4.69) is 28.1 Å². The maximum absolute atomic E-state index is 13.2. The van der Waals surface area contributed by atoms with E-state index < -0.39 is 5.60 Å². The predicted octanol–water partition coefficient (Wildman–Crippen LogP) is 2.77. The Labute approximate surface area is 197 Å². The van der Waals surface area contributed by atoms with Crippen LogP contribution in [0.2, 0.25) is 0 Å². The molecule has 0 atom stereocenters. The lowest BCUT2D eigenvalue weighted by Crippen LogP contribution is -2.47. The molecule has 0 spiro atoms. The number of ether oxygens (including phenoxy) is 1. The number of aromatic nitrogens is 3. The molecule has 0 saturated carbocycles. The summed E-state index contributed by atoms with van der Waals surface area (Å²) in [4.78, 5) is 23.9. The first kappa shape index (κ1) is 22.1. The first-order chi connectivity index (χ1) is 15.8. The number of hydrogen-bond donors (Lipinski definition) is 1. The van der Waals surface area contributed by atoms with Crippen LogP contribution in [0.3, 0.4) is 0 Å². The van der Waals surface area contributed by atoms with Gasteiger partial charge in [0.2, 0.25) is 0 Å². The number of carbonyl (C=O) groups excluding carboxylic acids is 1. The number of thiophene rings is 1. The average Bonchev–Trinajstić information content (AvgIpc) is 3.36. The Morgan fingerprint density at radius 1 is 1.21 bits per heavy atom. The van der Waals surface area contributed by atoms with Gasteiger partial charge in [0, 0.05) is 48.6 Å². The molecular formula is C24H29N5O3S. The van der Waals surface area contributed by atoms with Crippen LogP contribution in [0.15, 0.2) is 30.6 Å². The molecule has 8 nitrogen and oxygen atoms in total. The molecule has 0 bridgehead atoms. The third-order valence-corrected chi connectivity index (χ3v) is 7.28. The van der Waals surface area contributed by atoms with Gasteiger partial charge in [-0.2, -0.15) is 5.10 Å². The molecule has 2 aliphatic heterocycles. The summed E-state index contributed by atoms with van der Waals surface area (Å²) in [5, 5.41) is 14.6. The van der Waals surface area contributed by atoms with Crippen molar-refractivity contribution in [3.05, 3.63) is 41.7 Å². The predicted molar refractivity (Wildman–Crippen MR) is 128 cm³/mol. The topological polar surface area (TPSA) is 83.7 Å². The maximum Gasteiger partial charge on any atom is 0.253 e. The van der Waals surface area contributed by atoms with Crippen LogP contribution in [0.1, 0.15) is 29.8 Å². The molecule has 0 radical (unpaired) electrons. The molecule has 5 rings (SSSR count). The molecule has 9 heteroatoms. The summed E-state index contributed by atoms with van der Waals surface area (Å²) in [6.07, 6.45) is 2.30. The molecule has 33 heavy (non-hydrogen) atoms. The Balaban J connectivity index is 1.50. The molecule has 1 aromatic carbocycles. The fourth-order valence-corrected chi connectivity index (χ4v) is 5.55. The third kappa shape index (κ3) is 4.53. The highest BCUT2D eigenvalue weighted by molar-refractivity contribution is 7.19. The summed E-state index contributed by atoms with van der Waals surface area (Å²) in [5.41, 5.74) is 1.92. The molecule has 2 aromatic heterocycles. The molecule has 0 unspecified atom stereocenters. The second-order valence-corrected chi connectivity index (χ2v) is 10.5. The third-order valence-electron chi connectivity index (χ3n) is 6.07. The molecule has 1 saturated heterocycles. The molecule has 174 valence electrons. The first-order valence-electron chi connectivity index (χ1n) is 11.3. The monoisotopic (exact) mass is 467 g/mol. The van der Waals surface area contributed by atoms with Crippen molar-refractivity contribution in [1.82, 2.24) is 24.6 Å². The van der Waals surface area contributed by atoms with Crippen LogP contribution in [0, 0.1) is 0 Å². The van der Waals surface area contributed by atoms with Crippen molar-refractivity contribution < 1.29 is 14.6 Å². The van der Waals surface area contributed by atoms with Crippen LogP contribution < -0.4 is 4.74 Å². The number of hydrogen-bond acceptors (Lipinski definition) is 7. The van der Waals surface area contributed by atoms with Crippen LogP contribution in [0.5, 0.6) is 5.75 Å². The number of fused-ring (bicyclic) bond motifs is 3. The lowest BCUT2D eigenvalue weighted by molar-refractivity contribution is 0.0581. The van der Waals surface area contributed by atoms with Crippen molar-refractivity contribution in [2.75, 3.05) is 39.8 Å². The smallest absolute Gasteiger partial charge is 0.253 e. The van der Waals surface area contributed by atoms with Gasteiger partial charge in [-0.3, -0.25) is 4.79 Å². The quantitative estimate of drug-likeness (QED) is 0.635. The van der Waals surface area contributed by atoms with E-state index in [0.29, 0.717) is 18.7 Å². The lowest BCUT2D eigenvalue weighted by Gasteiger charge is -2.32. The zero-order chi connectivity index (χ0) is 23.2. The maximum atomic E-state index is 13.2. The van der Waals surface area contributed by atoms with E-state index in [1.165, 1.54) is 11.9 Å². The number of piperazine rings is 1. The Morgan fingerprint density at radius 2 is 2.00 bits per heavy atom. The minimum Gasteiger partial charge on any atom is -0.493 e. The number of benzene rings is 1. The number of amides is 1. The van der Waals surface area contributed by atoms with E-state index in [9.17, 15) is 9.90 Å². The van der Waals surface area contributed by atoms with Gasteiger partial charge in [0.25, 0.3) is 5.91 Å². The highest BCUT2D eigenvalue weighted by Crippen LogP contribution is 2.44. The van der Waals surface area contributed by atoms with Crippen LogP contribution in [-0.4, -0.2) is 81.0 Å². The average molecular weight is 468 g/mol. The number of nitrogens with zero attached hydrogens (tertiary/aromatic N) is 5. The van der Waals surface area contributed by atoms with Gasteiger partial charge < -0.3 is 19.6 Å². The van der Waals surface area contributed by atoms with Gasteiger partial charge in [0.15, 0.2) is 5.82 Å². The fourth-order valence-electron chi connectivity index (χ4n) is 4.32. The van der Waals surface area contributed by atoms with E-state index >= 15 is 0 Å². The summed E-state index contributed by atoms with van der Waals surface area (Å²) >= 11 is 1.63. The number of carbonyl (C=O) groups is 1. The van der Waals surface area contributed by atoms with Gasteiger partial charge in [-0.1, -0.05) is 0 Å². The second kappa shape index (κ2) is 8.55. The summed E-state index contributed by atoms with van der Waals surface area (Å²) in [6.45, 7) is 7.73. The number of rotatable bonds is 4. The highest BCUT2D eigenvalue weighted by atomic mass is 32.1. The van der Waals surface area contributed by atoms with E-state index in [-0.39, 0.29) is 5.91 Å². The molecule has 3 aromatic rings. The van der Waals surface area contributed by atoms with Gasteiger partial charge in [-0.25, -0.2) is 9.67 Å². The highest BCUT2D eigenvalue weighted by Gasteiger charge is 2.26. The van der Waals surface area contributed by atoms with Crippen LogP contribution in [0.4, 0.5) is 0 Å². The van der Waals surface area contributed by atoms with Crippen molar-refractivity contribution in [3.63, 3.8) is 0 Å². The standard InChI is InChI=1S/C24H29N5O3S/c1-24(2,31)14-29-22(25-15-26-29)20-13-16-6-11-32-19-5-4-17(12-18(19)21(16)33-20)23(30)28-9-7-27(3)8-10-28/h4-5,12-13,15,31H,6-11,14H2,1-3H3. The zero-order valence-electron chi connectivity index (χ0n) is 19.2. The van der Waals surface area contributed by atoms with Gasteiger partial charge in [0.1, 0.15) is 12.1 Å². The minimum absolute atomic E-state index is 0.0680. The fraction of sp³-hybridized carbons (Fsp3) is 0.458. The van der Waals surface area contributed by atoms with Crippen LogP contribution in [0.25, 0.3) is 21.1 Å². The van der Waals surface area contributed by atoms with Crippen molar-refractivity contribution in [1.29, 1.82) is 0 Å². The number of likely N-dealkylation sites (N-methyl/N-ethyl adjacent to an activating group) is 1. The van der Waals surface area contributed by atoms with Crippen molar-refractivity contribution >= 4 is 17.2 Å². The minimum atomic E-state index is -0.893. The Morgan fingerprint density at radius 3 is 2.76 bits per heavy atom. The van der Waals surface area contributed by atoms with E-state index in [0.717, 1.165) is 59.5 Å². The largest absolute Gasteiger partial charge is 0.493 e. The number of aliphatic hydroxyl groups is 1. The van der Waals surface area contributed by atoms with Crippen molar-refractivity contribution in [3.8, 4) is 26.9 Å². The van der Waals surface area contributed by atoms with Crippen molar-refractivity contribution in [2.24, 2.45) is 0 Å².